The maximum atomic E-state index is 13.1. The average molecular weight is 599 g/mol. The summed E-state index contributed by atoms with van der Waals surface area (Å²) in [5.74, 6) is -3.88. The van der Waals surface area contributed by atoms with Crippen LogP contribution in [0, 0.1) is 27.7 Å². The number of aromatic nitrogens is 2. The molecule has 41 heavy (non-hydrogen) atoms. The van der Waals surface area contributed by atoms with Gasteiger partial charge in [0.05, 0.1) is 27.5 Å². The van der Waals surface area contributed by atoms with Crippen molar-refractivity contribution in [3.8, 4) is 0 Å². The van der Waals surface area contributed by atoms with Crippen LogP contribution in [0.2, 0.25) is 0 Å². The second-order valence-electron chi connectivity index (χ2n) is 9.49. The third-order valence-corrected chi connectivity index (χ3v) is 7.87. The van der Waals surface area contributed by atoms with E-state index in [0.29, 0.717) is 12.2 Å². The molecule has 0 aliphatic carbocycles. The molecule has 0 unspecified atom stereocenters. The first-order chi connectivity index (χ1) is 18.8. The van der Waals surface area contributed by atoms with Gasteiger partial charge in [-0.2, -0.15) is 18.3 Å². The van der Waals surface area contributed by atoms with E-state index in [0.717, 1.165) is 35.4 Å². The van der Waals surface area contributed by atoms with E-state index in [1.54, 1.807) is 24.3 Å². The van der Waals surface area contributed by atoms with Gasteiger partial charge in [0, 0.05) is 26.3 Å². The number of nitrogens with one attached hydrogen (secondary N) is 1. The van der Waals surface area contributed by atoms with Gasteiger partial charge in [0.25, 0.3) is 10.0 Å². The number of hydrogen-bond acceptors (Lipinski definition) is 6. The van der Waals surface area contributed by atoms with Crippen molar-refractivity contribution in [1.29, 1.82) is 0 Å². The van der Waals surface area contributed by atoms with Crippen LogP contribution in [0.5, 0.6) is 0 Å². The van der Waals surface area contributed by atoms with Crippen molar-refractivity contribution in [2.24, 2.45) is 7.05 Å². The highest BCUT2D eigenvalue weighted by atomic mass is 32.2. The van der Waals surface area contributed by atoms with Crippen LogP contribution in [-0.4, -0.2) is 60.1 Å². The largest absolute Gasteiger partial charge is 0.490 e. The molecular formula is C27H33F3N4O6S. The van der Waals surface area contributed by atoms with Gasteiger partial charge in [-0.3, -0.25) is 9.40 Å². The molecule has 0 spiro atoms. The van der Waals surface area contributed by atoms with Gasteiger partial charge >= 0.3 is 18.1 Å². The highest BCUT2D eigenvalue weighted by Gasteiger charge is 2.38. The molecule has 0 aliphatic heterocycles. The summed E-state index contributed by atoms with van der Waals surface area (Å²) in [4.78, 5) is 22.5. The molecule has 0 amide bonds. The number of carboxylic acids is 2. The Labute approximate surface area is 236 Å². The smallest absolute Gasteiger partial charge is 0.478 e. The Kier molecular flexibility index (Phi) is 10.6. The zero-order chi connectivity index (χ0) is 31.3. The van der Waals surface area contributed by atoms with Gasteiger partial charge in [-0.05, 0) is 87.6 Å². The van der Waals surface area contributed by atoms with Crippen LogP contribution in [0.25, 0.3) is 0 Å². The summed E-state index contributed by atoms with van der Waals surface area (Å²) in [6.07, 6.45) is -3.42. The predicted octanol–water partition coefficient (Wildman–Crippen LogP) is 4.86. The van der Waals surface area contributed by atoms with Gasteiger partial charge in [-0.15, -0.1) is 0 Å². The first-order valence-electron chi connectivity index (χ1n) is 12.3. The van der Waals surface area contributed by atoms with Crippen molar-refractivity contribution in [1.82, 2.24) is 9.78 Å². The Morgan fingerprint density at radius 3 is 2.12 bits per heavy atom. The number of carbonyl (C=O) groups is 2. The third kappa shape index (κ3) is 8.71. The van der Waals surface area contributed by atoms with Crippen molar-refractivity contribution in [3.63, 3.8) is 0 Å². The minimum atomic E-state index is -5.08. The molecule has 1 heterocycles. The summed E-state index contributed by atoms with van der Waals surface area (Å²) in [5, 5.41) is 21.0. The molecule has 0 fully saturated rings. The quantitative estimate of drug-likeness (QED) is 0.317. The summed E-state index contributed by atoms with van der Waals surface area (Å²) < 4.78 is 62.4. The molecule has 3 rings (SSSR count). The maximum absolute atomic E-state index is 13.1. The molecule has 0 radical (unpaired) electrons. The minimum absolute atomic E-state index is 0.0107. The molecular weight excluding hydrogens is 565 g/mol. The van der Waals surface area contributed by atoms with Gasteiger partial charge in [0.1, 0.15) is 0 Å². The summed E-state index contributed by atoms with van der Waals surface area (Å²) in [7, 11) is -0.110. The highest BCUT2D eigenvalue weighted by Crippen LogP contribution is 2.30. The molecule has 2 aromatic carbocycles. The number of aliphatic carboxylic acids is 1. The Hall–Kier alpha value is -4.07. The summed E-state index contributed by atoms with van der Waals surface area (Å²) in [6.45, 7) is 8.46. The van der Waals surface area contributed by atoms with Crippen LogP contribution >= 0.6 is 0 Å². The topological polar surface area (TPSA) is 142 Å². The molecule has 0 bridgehead atoms. The van der Waals surface area contributed by atoms with E-state index >= 15 is 0 Å². The molecule has 0 saturated heterocycles. The molecule has 224 valence electrons. The monoisotopic (exact) mass is 598 g/mol. The lowest BCUT2D eigenvalue weighted by molar-refractivity contribution is -0.192. The molecule has 0 aliphatic rings. The van der Waals surface area contributed by atoms with Crippen molar-refractivity contribution < 1.29 is 41.4 Å². The molecule has 10 nitrogen and oxygen atoms in total. The van der Waals surface area contributed by atoms with Crippen molar-refractivity contribution >= 4 is 33.3 Å². The van der Waals surface area contributed by atoms with Crippen molar-refractivity contribution in [2.75, 3.05) is 23.2 Å². The summed E-state index contributed by atoms with van der Waals surface area (Å²) >= 11 is 0. The SMILES string of the molecule is Cc1ccc(S(=O)(=O)Nc2cc(C(=O)O)ccc2N(C)CCCc2c(C)nn(C)c2C)cc1C.O=C(O)C(F)(F)F. The second-order valence-corrected chi connectivity index (χ2v) is 11.2. The zero-order valence-corrected chi connectivity index (χ0v) is 24.3. The number of sulfonamides is 1. The van der Waals surface area contributed by atoms with Crippen LogP contribution in [0.15, 0.2) is 41.3 Å². The number of carboxylic acid groups (broad SMARTS) is 2. The summed E-state index contributed by atoms with van der Waals surface area (Å²) in [6, 6.07) is 9.41. The first kappa shape index (κ1) is 33.1. The standard InChI is InChI=1S/C25H32N4O4S.C2HF3O2/c1-16-9-11-21(14-17(16)2)34(32,33)27-23-15-20(25(30)31)10-12-24(23)28(5)13-7-8-22-18(3)26-29(6)19(22)4;3-2(4,5)1(6)7/h9-12,14-15,27H,7-8,13H2,1-6H3,(H,30,31);(H,6,7). The summed E-state index contributed by atoms with van der Waals surface area (Å²) in [5.41, 5.74) is 6.06. The van der Waals surface area contributed by atoms with Gasteiger partial charge < -0.3 is 15.1 Å². The van der Waals surface area contributed by atoms with Crippen LogP contribution in [0.1, 0.15) is 44.9 Å². The van der Waals surface area contributed by atoms with Gasteiger partial charge in [-0.1, -0.05) is 6.07 Å². The number of alkyl halides is 3. The Bertz CT molecular complexity index is 1530. The number of anilines is 2. The van der Waals surface area contributed by atoms with E-state index in [2.05, 4.69) is 9.82 Å². The highest BCUT2D eigenvalue weighted by molar-refractivity contribution is 7.92. The third-order valence-electron chi connectivity index (χ3n) is 6.51. The molecule has 3 aromatic rings. The zero-order valence-electron chi connectivity index (χ0n) is 23.5. The Morgan fingerprint density at radius 1 is 1.02 bits per heavy atom. The van der Waals surface area contributed by atoms with E-state index in [-0.39, 0.29) is 16.1 Å². The fourth-order valence-corrected chi connectivity index (χ4v) is 5.11. The molecule has 3 N–H and O–H groups in total. The Balaban J connectivity index is 0.000000745. The second kappa shape index (κ2) is 13.1. The van der Waals surface area contributed by atoms with Crippen LogP contribution < -0.4 is 9.62 Å². The number of nitrogens with zero attached hydrogens (tertiary/aromatic N) is 3. The molecule has 14 heteroatoms. The first-order valence-corrected chi connectivity index (χ1v) is 13.8. The molecule has 1 aromatic heterocycles. The van der Waals surface area contributed by atoms with E-state index in [9.17, 15) is 31.5 Å². The average Bonchev–Trinajstić information content (AvgIpc) is 3.10. The number of rotatable bonds is 9. The lowest BCUT2D eigenvalue weighted by Crippen LogP contribution is -2.22. The van der Waals surface area contributed by atoms with Crippen LogP contribution in [0.3, 0.4) is 0 Å². The predicted molar refractivity (Wildman–Crippen MR) is 148 cm³/mol. The fourth-order valence-electron chi connectivity index (χ4n) is 3.96. The van der Waals surface area contributed by atoms with E-state index in [1.165, 1.54) is 17.7 Å². The normalized spacial score (nSPS) is 11.4. The van der Waals surface area contributed by atoms with Crippen LogP contribution in [0.4, 0.5) is 24.5 Å². The van der Waals surface area contributed by atoms with Gasteiger partial charge in [0.2, 0.25) is 0 Å². The van der Waals surface area contributed by atoms with Gasteiger partial charge in [-0.25, -0.2) is 18.0 Å². The van der Waals surface area contributed by atoms with Crippen LogP contribution in [-0.2, 0) is 28.3 Å². The number of aryl methyl sites for hydroxylation is 4. The van der Waals surface area contributed by atoms with Gasteiger partial charge in [0.15, 0.2) is 0 Å². The molecule has 0 atom stereocenters. The Morgan fingerprint density at radius 2 is 1.63 bits per heavy atom. The van der Waals surface area contributed by atoms with Crippen molar-refractivity contribution in [3.05, 3.63) is 70.0 Å². The maximum Gasteiger partial charge on any atom is 0.490 e. The number of hydrogen-bond donors (Lipinski definition) is 3. The lowest BCUT2D eigenvalue weighted by Gasteiger charge is -2.23. The number of aromatic carboxylic acids is 1. The van der Waals surface area contributed by atoms with E-state index < -0.39 is 28.1 Å². The van der Waals surface area contributed by atoms with E-state index in [4.69, 9.17) is 9.90 Å². The van der Waals surface area contributed by atoms with Crippen molar-refractivity contribution in [2.45, 2.75) is 51.6 Å². The fraction of sp³-hybridized carbons (Fsp3) is 0.370. The molecule has 0 saturated carbocycles. The van der Waals surface area contributed by atoms with E-state index in [1.807, 2.05) is 51.4 Å². The number of halogens is 3. The number of benzene rings is 2. The minimum Gasteiger partial charge on any atom is -0.478 e. The lowest BCUT2D eigenvalue weighted by atomic mass is 10.1.